The van der Waals surface area contributed by atoms with Gasteiger partial charge >= 0.3 is 0 Å². The number of rotatable bonds is 7. The Morgan fingerprint density at radius 3 is 2.25 bits per heavy atom. The normalized spacial score (nSPS) is 16.0. The van der Waals surface area contributed by atoms with Crippen molar-refractivity contribution in [2.24, 2.45) is 0 Å². The van der Waals surface area contributed by atoms with E-state index in [1.54, 1.807) is 0 Å². The zero-order valence-corrected chi connectivity index (χ0v) is 8.60. The highest BCUT2D eigenvalue weighted by Crippen LogP contribution is 2.18. The van der Waals surface area contributed by atoms with E-state index in [0.29, 0.717) is 13.0 Å². The Morgan fingerprint density at radius 2 is 1.83 bits per heavy atom. The first kappa shape index (κ1) is 11.9. The molecule has 0 aromatic carbocycles. The van der Waals surface area contributed by atoms with Crippen molar-refractivity contribution in [3.63, 3.8) is 0 Å². The summed E-state index contributed by atoms with van der Waals surface area (Å²) in [4.78, 5) is 0. The van der Waals surface area contributed by atoms with Crippen LogP contribution in [-0.4, -0.2) is 17.5 Å². The summed E-state index contributed by atoms with van der Waals surface area (Å²) in [6.45, 7) is 6.82. The average molecular weight is 174 g/mol. The van der Waals surface area contributed by atoms with Crippen LogP contribution in [0.3, 0.4) is 0 Å². The van der Waals surface area contributed by atoms with Gasteiger partial charge in [-0.1, -0.05) is 33.6 Å². The van der Waals surface area contributed by atoms with Crippen LogP contribution in [0.2, 0.25) is 0 Å². The molecule has 0 aliphatic rings. The predicted molar refractivity (Wildman–Crippen MR) is 51.0 cm³/mol. The Hall–Kier alpha value is -0.0800. The molecule has 2 nitrogen and oxygen atoms in total. The number of ether oxygens (including phenoxy) is 1. The molecule has 0 aliphatic carbocycles. The summed E-state index contributed by atoms with van der Waals surface area (Å²) in [6.07, 6.45) is 4.55. The molecular weight excluding hydrogens is 152 g/mol. The molecule has 0 saturated heterocycles. The van der Waals surface area contributed by atoms with Crippen molar-refractivity contribution in [2.45, 2.75) is 58.7 Å². The standard InChI is InChI=1S/C10H22O2/c1-4-7-9-12-10(11,6-3)8-5-2/h11H,4-9H2,1-3H3. The zero-order valence-electron chi connectivity index (χ0n) is 8.60. The lowest BCUT2D eigenvalue weighted by atomic mass is 10.1. The van der Waals surface area contributed by atoms with Crippen LogP contribution in [0.1, 0.15) is 52.9 Å². The quantitative estimate of drug-likeness (QED) is 0.475. The molecule has 0 saturated carbocycles. The Labute approximate surface area is 75.9 Å². The van der Waals surface area contributed by atoms with Crippen molar-refractivity contribution < 1.29 is 9.84 Å². The highest BCUT2D eigenvalue weighted by Gasteiger charge is 2.23. The van der Waals surface area contributed by atoms with E-state index >= 15 is 0 Å². The molecule has 2 heteroatoms. The summed E-state index contributed by atoms with van der Waals surface area (Å²) in [5.41, 5.74) is 0. The number of hydrogen-bond acceptors (Lipinski definition) is 2. The third-order valence-corrected chi connectivity index (χ3v) is 2.06. The monoisotopic (exact) mass is 174 g/mol. The summed E-state index contributed by atoms with van der Waals surface area (Å²) >= 11 is 0. The van der Waals surface area contributed by atoms with Gasteiger partial charge in [0.1, 0.15) is 0 Å². The van der Waals surface area contributed by atoms with E-state index in [0.717, 1.165) is 25.7 Å². The largest absolute Gasteiger partial charge is 0.365 e. The minimum Gasteiger partial charge on any atom is -0.365 e. The van der Waals surface area contributed by atoms with Gasteiger partial charge in [0.25, 0.3) is 0 Å². The van der Waals surface area contributed by atoms with E-state index in [1.807, 2.05) is 6.92 Å². The van der Waals surface area contributed by atoms with Gasteiger partial charge in [-0.05, 0) is 12.8 Å². The van der Waals surface area contributed by atoms with Crippen LogP contribution < -0.4 is 0 Å². The molecule has 0 fully saturated rings. The van der Waals surface area contributed by atoms with Gasteiger partial charge in [-0.2, -0.15) is 0 Å². The first-order valence-electron chi connectivity index (χ1n) is 5.04. The van der Waals surface area contributed by atoms with Crippen LogP contribution in [0, 0.1) is 0 Å². The Kier molecular flexibility index (Phi) is 6.39. The third-order valence-electron chi connectivity index (χ3n) is 2.06. The topological polar surface area (TPSA) is 29.5 Å². The van der Waals surface area contributed by atoms with Crippen molar-refractivity contribution in [2.75, 3.05) is 6.61 Å². The molecule has 0 rings (SSSR count). The Morgan fingerprint density at radius 1 is 1.17 bits per heavy atom. The number of unbranched alkanes of at least 4 members (excludes halogenated alkanes) is 1. The molecular formula is C10H22O2. The Balaban J connectivity index is 3.63. The van der Waals surface area contributed by atoms with Crippen molar-refractivity contribution in [3.05, 3.63) is 0 Å². The third kappa shape index (κ3) is 4.73. The van der Waals surface area contributed by atoms with Gasteiger partial charge in [-0.25, -0.2) is 0 Å². The van der Waals surface area contributed by atoms with Crippen LogP contribution in [0.4, 0.5) is 0 Å². The van der Waals surface area contributed by atoms with Crippen LogP contribution in [0.25, 0.3) is 0 Å². The average Bonchev–Trinajstić information content (AvgIpc) is 2.06. The minimum atomic E-state index is -0.857. The second kappa shape index (κ2) is 6.44. The smallest absolute Gasteiger partial charge is 0.165 e. The van der Waals surface area contributed by atoms with Crippen LogP contribution in [0.5, 0.6) is 0 Å². The zero-order chi connectivity index (χ0) is 9.45. The number of aliphatic hydroxyl groups is 1. The molecule has 12 heavy (non-hydrogen) atoms. The summed E-state index contributed by atoms with van der Waals surface area (Å²) in [5, 5.41) is 9.82. The first-order chi connectivity index (χ1) is 5.68. The highest BCUT2D eigenvalue weighted by molar-refractivity contribution is 4.63. The van der Waals surface area contributed by atoms with E-state index in [2.05, 4.69) is 13.8 Å². The van der Waals surface area contributed by atoms with Gasteiger partial charge in [0.2, 0.25) is 0 Å². The SMILES string of the molecule is CCCCOC(O)(CC)CCC. The molecule has 0 heterocycles. The molecule has 0 bridgehead atoms. The molecule has 0 spiro atoms. The summed E-state index contributed by atoms with van der Waals surface area (Å²) in [5.74, 6) is -0.857. The molecule has 0 radical (unpaired) electrons. The van der Waals surface area contributed by atoms with Gasteiger partial charge in [0.15, 0.2) is 5.79 Å². The van der Waals surface area contributed by atoms with E-state index < -0.39 is 5.79 Å². The van der Waals surface area contributed by atoms with Gasteiger partial charge in [-0.15, -0.1) is 0 Å². The second-order valence-corrected chi connectivity index (χ2v) is 3.25. The second-order valence-electron chi connectivity index (χ2n) is 3.25. The maximum Gasteiger partial charge on any atom is 0.165 e. The molecule has 0 aromatic rings. The van der Waals surface area contributed by atoms with Crippen LogP contribution in [0.15, 0.2) is 0 Å². The molecule has 1 unspecified atom stereocenters. The van der Waals surface area contributed by atoms with Gasteiger partial charge in [0, 0.05) is 6.42 Å². The lowest BCUT2D eigenvalue weighted by Crippen LogP contribution is -2.31. The molecule has 0 amide bonds. The highest BCUT2D eigenvalue weighted by atomic mass is 16.6. The van der Waals surface area contributed by atoms with E-state index in [9.17, 15) is 5.11 Å². The number of hydrogen-bond donors (Lipinski definition) is 1. The van der Waals surface area contributed by atoms with Crippen LogP contribution in [-0.2, 0) is 4.74 Å². The van der Waals surface area contributed by atoms with E-state index in [-0.39, 0.29) is 0 Å². The first-order valence-corrected chi connectivity index (χ1v) is 5.04. The molecule has 0 aliphatic heterocycles. The maximum atomic E-state index is 9.82. The molecule has 1 N–H and O–H groups in total. The Bertz CT molecular complexity index is 104. The van der Waals surface area contributed by atoms with Crippen molar-refractivity contribution >= 4 is 0 Å². The fourth-order valence-electron chi connectivity index (χ4n) is 1.15. The lowest BCUT2D eigenvalue weighted by molar-refractivity contribution is -0.209. The summed E-state index contributed by atoms with van der Waals surface area (Å²) in [6, 6.07) is 0. The van der Waals surface area contributed by atoms with Crippen molar-refractivity contribution in [3.8, 4) is 0 Å². The van der Waals surface area contributed by atoms with Gasteiger partial charge in [0.05, 0.1) is 6.61 Å². The van der Waals surface area contributed by atoms with Crippen molar-refractivity contribution in [1.29, 1.82) is 0 Å². The molecule has 1 atom stereocenters. The fraction of sp³-hybridized carbons (Fsp3) is 1.00. The van der Waals surface area contributed by atoms with Crippen LogP contribution >= 0.6 is 0 Å². The van der Waals surface area contributed by atoms with Crippen molar-refractivity contribution in [1.82, 2.24) is 0 Å². The van der Waals surface area contributed by atoms with E-state index in [4.69, 9.17) is 4.74 Å². The summed E-state index contributed by atoms with van der Waals surface area (Å²) in [7, 11) is 0. The van der Waals surface area contributed by atoms with Gasteiger partial charge < -0.3 is 9.84 Å². The molecule has 74 valence electrons. The maximum absolute atomic E-state index is 9.82. The predicted octanol–water partition coefficient (Wildman–Crippen LogP) is 2.70. The minimum absolute atomic E-state index is 0.681. The van der Waals surface area contributed by atoms with Gasteiger partial charge in [-0.3, -0.25) is 0 Å². The lowest BCUT2D eigenvalue weighted by Gasteiger charge is -2.26. The summed E-state index contributed by atoms with van der Waals surface area (Å²) < 4.78 is 5.42. The molecule has 0 aromatic heterocycles. The van der Waals surface area contributed by atoms with E-state index in [1.165, 1.54) is 0 Å². The fourth-order valence-corrected chi connectivity index (χ4v) is 1.15.